The average Bonchev–Trinajstić information content (AvgIpc) is 2.64. The van der Waals surface area contributed by atoms with Crippen LogP contribution in [0.5, 0.6) is 17.2 Å². The summed E-state index contributed by atoms with van der Waals surface area (Å²) >= 11 is 0. The Morgan fingerprint density at radius 3 is 2.22 bits per heavy atom. The average molecular weight is 383 g/mol. The van der Waals surface area contributed by atoms with Gasteiger partial charge < -0.3 is 25.3 Å². The summed E-state index contributed by atoms with van der Waals surface area (Å²) in [5, 5.41) is 2.90. The van der Waals surface area contributed by atoms with Crippen LogP contribution >= 0.6 is 0 Å². The first-order chi connectivity index (χ1) is 12.8. The summed E-state index contributed by atoms with van der Waals surface area (Å²) in [4.78, 5) is 4.22. The summed E-state index contributed by atoms with van der Waals surface area (Å²) in [6.45, 7) is 0.644. The molecule has 0 aromatic heterocycles. The van der Waals surface area contributed by atoms with Crippen molar-refractivity contribution in [1.29, 1.82) is 0 Å². The van der Waals surface area contributed by atoms with Crippen LogP contribution in [0.15, 0.2) is 47.5 Å². The molecule has 0 atom stereocenters. The van der Waals surface area contributed by atoms with E-state index in [1.807, 2.05) is 6.07 Å². The minimum absolute atomic E-state index is 0.209. The number of nitrogens with two attached hydrogens (primary N) is 1. The number of hydrogen-bond donors (Lipinski definition) is 2. The van der Waals surface area contributed by atoms with Gasteiger partial charge in [0.25, 0.3) is 0 Å². The van der Waals surface area contributed by atoms with Crippen LogP contribution in [-0.4, -0.2) is 26.5 Å². The van der Waals surface area contributed by atoms with Gasteiger partial charge in [-0.2, -0.15) is 0 Å². The summed E-state index contributed by atoms with van der Waals surface area (Å²) in [6.07, 6.45) is -4.71. The lowest BCUT2D eigenvalue weighted by molar-refractivity contribution is -0.274. The molecule has 0 amide bonds. The molecule has 2 rings (SSSR count). The van der Waals surface area contributed by atoms with E-state index >= 15 is 0 Å². The van der Waals surface area contributed by atoms with Gasteiger partial charge in [-0.15, -0.1) is 13.2 Å². The van der Waals surface area contributed by atoms with Crippen molar-refractivity contribution in [2.75, 3.05) is 14.2 Å². The van der Waals surface area contributed by atoms with Crippen LogP contribution < -0.4 is 25.3 Å². The highest BCUT2D eigenvalue weighted by atomic mass is 19.4. The summed E-state index contributed by atoms with van der Waals surface area (Å²) < 4.78 is 50.6. The largest absolute Gasteiger partial charge is 0.573 e. The lowest BCUT2D eigenvalue weighted by Crippen LogP contribution is -2.31. The lowest BCUT2D eigenvalue weighted by atomic mass is 10.2. The van der Waals surface area contributed by atoms with Crippen molar-refractivity contribution >= 4 is 5.96 Å². The third-order valence-electron chi connectivity index (χ3n) is 3.51. The normalized spacial score (nSPS) is 11.8. The number of alkyl halides is 3. The standard InChI is InChI=1S/C18H20F3N3O3/c1-25-15-8-5-13(9-16(15)26-2)11-24-17(22)23-10-12-3-6-14(7-4-12)27-18(19,20)21/h3-9H,10-11H2,1-2H3,(H3,22,23,24). The third kappa shape index (κ3) is 6.61. The number of halogens is 3. The topological polar surface area (TPSA) is 78.1 Å². The molecule has 146 valence electrons. The molecule has 2 aromatic carbocycles. The van der Waals surface area contributed by atoms with Gasteiger partial charge in [0, 0.05) is 6.54 Å². The Balaban J connectivity index is 1.89. The third-order valence-corrected chi connectivity index (χ3v) is 3.51. The molecule has 6 nitrogen and oxygen atoms in total. The molecule has 0 unspecified atom stereocenters. The number of guanidine groups is 1. The van der Waals surface area contributed by atoms with E-state index < -0.39 is 6.36 Å². The molecule has 27 heavy (non-hydrogen) atoms. The van der Waals surface area contributed by atoms with Gasteiger partial charge in [-0.3, -0.25) is 0 Å². The van der Waals surface area contributed by atoms with E-state index in [0.29, 0.717) is 24.6 Å². The van der Waals surface area contributed by atoms with Crippen LogP contribution in [0.1, 0.15) is 11.1 Å². The minimum atomic E-state index is -4.71. The molecule has 0 heterocycles. The molecule has 0 spiro atoms. The maximum absolute atomic E-state index is 12.1. The van der Waals surface area contributed by atoms with Crippen molar-refractivity contribution in [3.8, 4) is 17.2 Å². The quantitative estimate of drug-likeness (QED) is 0.567. The molecular weight excluding hydrogens is 363 g/mol. The molecule has 0 saturated heterocycles. The summed E-state index contributed by atoms with van der Waals surface area (Å²) in [6, 6.07) is 10.9. The highest BCUT2D eigenvalue weighted by Crippen LogP contribution is 2.27. The Bertz CT molecular complexity index is 778. The molecular formula is C18H20F3N3O3. The Labute approximate surface area is 154 Å². The number of benzene rings is 2. The van der Waals surface area contributed by atoms with E-state index in [2.05, 4.69) is 15.0 Å². The molecule has 3 N–H and O–H groups in total. The Kier molecular flexibility index (Phi) is 6.75. The van der Waals surface area contributed by atoms with E-state index in [9.17, 15) is 13.2 Å². The predicted octanol–water partition coefficient (Wildman–Crippen LogP) is 3.21. The van der Waals surface area contributed by atoms with Gasteiger partial charge in [-0.25, -0.2) is 4.99 Å². The number of aliphatic imine (C=N–C) groups is 1. The van der Waals surface area contributed by atoms with Crippen LogP contribution in [-0.2, 0) is 13.1 Å². The fourth-order valence-electron chi connectivity index (χ4n) is 2.21. The van der Waals surface area contributed by atoms with Crippen LogP contribution in [0.25, 0.3) is 0 Å². The zero-order chi connectivity index (χ0) is 19.9. The first-order valence-corrected chi connectivity index (χ1v) is 7.90. The smallest absolute Gasteiger partial charge is 0.493 e. The van der Waals surface area contributed by atoms with Gasteiger partial charge in [0.15, 0.2) is 17.5 Å². The van der Waals surface area contributed by atoms with E-state index in [1.165, 1.54) is 24.3 Å². The van der Waals surface area contributed by atoms with Crippen molar-refractivity contribution in [3.63, 3.8) is 0 Å². The molecule has 0 aliphatic carbocycles. The number of hydrogen-bond acceptors (Lipinski definition) is 4. The molecule has 9 heteroatoms. The van der Waals surface area contributed by atoms with Gasteiger partial charge in [0.2, 0.25) is 0 Å². The Hall–Kier alpha value is -3.10. The lowest BCUT2D eigenvalue weighted by Gasteiger charge is -2.10. The van der Waals surface area contributed by atoms with Crippen LogP contribution in [0.4, 0.5) is 13.2 Å². The van der Waals surface area contributed by atoms with Crippen LogP contribution in [0.3, 0.4) is 0 Å². The fourth-order valence-corrected chi connectivity index (χ4v) is 2.21. The number of ether oxygens (including phenoxy) is 3. The zero-order valence-electron chi connectivity index (χ0n) is 14.8. The molecule has 0 fully saturated rings. The van der Waals surface area contributed by atoms with Crippen molar-refractivity contribution in [3.05, 3.63) is 53.6 Å². The first kappa shape index (κ1) is 20.2. The van der Waals surface area contributed by atoms with Crippen molar-refractivity contribution < 1.29 is 27.4 Å². The van der Waals surface area contributed by atoms with Gasteiger partial charge in [0.05, 0.1) is 20.8 Å². The van der Waals surface area contributed by atoms with E-state index in [4.69, 9.17) is 15.2 Å². The summed E-state index contributed by atoms with van der Waals surface area (Å²) in [5.74, 6) is 1.15. The summed E-state index contributed by atoms with van der Waals surface area (Å²) in [7, 11) is 3.10. The Morgan fingerprint density at radius 1 is 1.00 bits per heavy atom. The van der Waals surface area contributed by atoms with Crippen LogP contribution in [0, 0.1) is 0 Å². The van der Waals surface area contributed by atoms with Gasteiger partial charge in [-0.1, -0.05) is 18.2 Å². The fraction of sp³-hybridized carbons (Fsp3) is 0.278. The predicted molar refractivity (Wildman–Crippen MR) is 94.8 cm³/mol. The van der Waals surface area contributed by atoms with Gasteiger partial charge >= 0.3 is 6.36 Å². The highest BCUT2D eigenvalue weighted by molar-refractivity contribution is 5.77. The molecule has 0 aliphatic heterocycles. The van der Waals surface area contributed by atoms with E-state index in [-0.39, 0.29) is 11.7 Å². The Morgan fingerprint density at radius 2 is 1.63 bits per heavy atom. The second kappa shape index (κ2) is 9.02. The molecule has 0 bridgehead atoms. The zero-order valence-corrected chi connectivity index (χ0v) is 14.8. The number of rotatable bonds is 7. The second-order valence-corrected chi connectivity index (χ2v) is 5.44. The maximum atomic E-state index is 12.1. The highest BCUT2D eigenvalue weighted by Gasteiger charge is 2.30. The molecule has 0 saturated carbocycles. The van der Waals surface area contributed by atoms with Crippen molar-refractivity contribution in [2.45, 2.75) is 19.5 Å². The van der Waals surface area contributed by atoms with Crippen LogP contribution in [0.2, 0.25) is 0 Å². The van der Waals surface area contributed by atoms with E-state index in [1.54, 1.807) is 26.4 Å². The maximum Gasteiger partial charge on any atom is 0.573 e. The van der Waals surface area contributed by atoms with Crippen molar-refractivity contribution in [2.24, 2.45) is 10.7 Å². The molecule has 0 aliphatic rings. The molecule has 2 aromatic rings. The monoisotopic (exact) mass is 383 g/mol. The van der Waals surface area contributed by atoms with E-state index in [0.717, 1.165) is 11.1 Å². The van der Waals surface area contributed by atoms with Gasteiger partial charge in [0.1, 0.15) is 5.75 Å². The van der Waals surface area contributed by atoms with Crippen molar-refractivity contribution in [1.82, 2.24) is 5.32 Å². The van der Waals surface area contributed by atoms with Gasteiger partial charge in [-0.05, 0) is 35.4 Å². The number of nitrogens with one attached hydrogen (secondary N) is 1. The number of methoxy groups -OCH3 is 2. The summed E-state index contributed by atoms with van der Waals surface area (Å²) in [5.41, 5.74) is 7.43. The SMILES string of the molecule is COc1ccc(CN=C(N)NCc2ccc(OC(F)(F)F)cc2)cc1OC. The molecule has 0 radical (unpaired) electrons. The second-order valence-electron chi connectivity index (χ2n) is 5.44. The number of nitrogens with zero attached hydrogens (tertiary/aromatic N) is 1. The minimum Gasteiger partial charge on any atom is -0.493 e. The first-order valence-electron chi connectivity index (χ1n) is 7.90.